The molecule has 0 aliphatic heterocycles. The fourth-order valence-electron chi connectivity index (χ4n) is 0.965. The second-order valence-electron chi connectivity index (χ2n) is 2.98. The number of likely N-dealkylation sites (N-methyl/N-ethyl adjacent to an activating group) is 1. The molecule has 0 fully saturated rings. The van der Waals surface area contributed by atoms with Crippen molar-refractivity contribution < 1.29 is 9.53 Å². The SMILES string of the molecule is CCCN(C)C(=O)CNCCOC. The summed E-state index contributed by atoms with van der Waals surface area (Å²) in [4.78, 5) is 13.1. The first kappa shape index (κ1) is 12.4. The van der Waals surface area contributed by atoms with Crippen LogP contribution in [0.5, 0.6) is 0 Å². The zero-order valence-corrected chi connectivity index (χ0v) is 8.80. The maximum atomic E-state index is 11.3. The molecule has 4 heteroatoms. The topological polar surface area (TPSA) is 41.6 Å². The third-order valence-corrected chi connectivity index (χ3v) is 1.74. The molecule has 1 N–H and O–H groups in total. The summed E-state index contributed by atoms with van der Waals surface area (Å²) in [5.41, 5.74) is 0. The van der Waals surface area contributed by atoms with Gasteiger partial charge in [0.2, 0.25) is 5.91 Å². The average molecular weight is 188 g/mol. The Morgan fingerprint density at radius 1 is 1.54 bits per heavy atom. The molecule has 0 aliphatic carbocycles. The first-order chi connectivity index (χ1) is 6.22. The Labute approximate surface area is 80.2 Å². The number of rotatable bonds is 7. The molecule has 0 radical (unpaired) electrons. The molecule has 0 atom stereocenters. The van der Waals surface area contributed by atoms with Crippen molar-refractivity contribution in [1.82, 2.24) is 10.2 Å². The van der Waals surface area contributed by atoms with Gasteiger partial charge in [0.1, 0.15) is 0 Å². The molecule has 0 unspecified atom stereocenters. The normalized spacial score (nSPS) is 10.1. The zero-order chi connectivity index (χ0) is 10.1. The highest BCUT2D eigenvalue weighted by molar-refractivity contribution is 5.77. The zero-order valence-electron chi connectivity index (χ0n) is 8.80. The highest BCUT2D eigenvalue weighted by Crippen LogP contribution is 1.86. The molecular formula is C9H20N2O2. The summed E-state index contributed by atoms with van der Waals surface area (Å²) in [6.07, 6.45) is 1.00. The molecule has 0 aromatic carbocycles. The lowest BCUT2D eigenvalue weighted by atomic mass is 10.4. The van der Waals surface area contributed by atoms with E-state index in [-0.39, 0.29) is 5.91 Å². The number of ether oxygens (including phenoxy) is 1. The van der Waals surface area contributed by atoms with E-state index in [1.807, 2.05) is 7.05 Å². The lowest BCUT2D eigenvalue weighted by Crippen LogP contribution is -2.36. The van der Waals surface area contributed by atoms with Crippen LogP contribution in [0.1, 0.15) is 13.3 Å². The molecule has 4 nitrogen and oxygen atoms in total. The lowest BCUT2D eigenvalue weighted by Gasteiger charge is -2.16. The van der Waals surface area contributed by atoms with E-state index in [0.29, 0.717) is 13.2 Å². The van der Waals surface area contributed by atoms with Crippen LogP contribution in [-0.4, -0.2) is 51.2 Å². The number of hydrogen-bond acceptors (Lipinski definition) is 3. The van der Waals surface area contributed by atoms with Gasteiger partial charge in [0.15, 0.2) is 0 Å². The Hall–Kier alpha value is -0.610. The van der Waals surface area contributed by atoms with E-state index in [2.05, 4.69) is 12.2 Å². The summed E-state index contributed by atoms with van der Waals surface area (Å²) in [6, 6.07) is 0. The van der Waals surface area contributed by atoms with Crippen molar-refractivity contribution >= 4 is 5.91 Å². The van der Waals surface area contributed by atoms with Crippen LogP contribution in [0.25, 0.3) is 0 Å². The van der Waals surface area contributed by atoms with Crippen molar-refractivity contribution in [2.24, 2.45) is 0 Å². The summed E-state index contributed by atoms with van der Waals surface area (Å²) < 4.78 is 4.84. The van der Waals surface area contributed by atoms with Crippen molar-refractivity contribution in [2.75, 3.05) is 40.4 Å². The standard InChI is InChI=1S/C9H20N2O2/c1-4-6-11(2)9(12)8-10-5-7-13-3/h10H,4-8H2,1-3H3. The number of nitrogens with zero attached hydrogens (tertiary/aromatic N) is 1. The molecule has 0 aromatic heterocycles. The highest BCUT2D eigenvalue weighted by Gasteiger charge is 2.05. The summed E-state index contributed by atoms with van der Waals surface area (Å²) in [5.74, 6) is 0.137. The predicted octanol–water partition coefficient (Wildman–Crippen LogP) is 0.0908. The van der Waals surface area contributed by atoms with Crippen molar-refractivity contribution in [3.05, 3.63) is 0 Å². The maximum absolute atomic E-state index is 11.3. The number of nitrogens with one attached hydrogen (secondary N) is 1. The van der Waals surface area contributed by atoms with Gasteiger partial charge in [0.25, 0.3) is 0 Å². The smallest absolute Gasteiger partial charge is 0.236 e. The molecule has 0 saturated carbocycles. The van der Waals surface area contributed by atoms with E-state index in [1.54, 1.807) is 12.0 Å². The first-order valence-corrected chi connectivity index (χ1v) is 4.66. The quantitative estimate of drug-likeness (QED) is 0.576. The molecule has 1 amide bonds. The van der Waals surface area contributed by atoms with Gasteiger partial charge in [-0.05, 0) is 6.42 Å². The highest BCUT2D eigenvalue weighted by atomic mass is 16.5. The van der Waals surface area contributed by atoms with Gasteiger partial charge in [-0.3, -0.25) is 4.79 Å². The van der Waals surface area contributed by atoms with Gasteiger partial charge >= 0.3 is 0 Å². The number of carbonyl (C=O) groups is 1. The van der Waals surface area contributed by atoms with Crippen LogP contribution >= 0.6 is 0 Å². The van der Waals surface area contributed by atoms with Gasteiger partial charge < -0.3 is 15.0 Å². The van der Waals surface area contributed by atoms with Gasteiger partial charge in [0, 0.05) is 27.2 Å². The largest absolute Gasteiger partial charge is 0.383 e. The van der Waals surface area contributed by atoms with Gasteiger partial charge in [0.05, 0.1) is 13.2 Å². The van der Waals surface area contributed by atoms with Crippen molar-refractivity contribution in [3.63, 3.8) is 0 Å². The monoisotopic (exact) mass is 188 g/mol. The third-order valence-electron chi connectivity index (χ3n) is 1.74. The Morgan fingerprint density at radius 3 is 2.77 bits per heavy atom. The Kier molecular flexibility index (Phi) is 7.63. The fourth-order valence-corrected chi connectivity index (χ4v) is 0.965. The average Bonchev–Trinajstić information content (AvgIpc) is 2.12. The molecular weight excluding hydrogens is 168 g/mol. The third kappa shape index (κ3) is 6.54. The summed E-state index contributed by atoms with van der Waals surface area (Å²) in [5, 5.41) is 3.01. The molecule has 78 valence electrons. The number of hydrogen-bond donors (Lipinski definition) is 1. The molecule has 0 spiro atoms. The van der Waals surface area contributed by atoms with Gasteiger partial charge in [-0.2, -0.15) is 0 Å². The van der Waals surface area contributed by atoms with Gasteiger partial charge in [-0.15, -0.1) is 0 Å². The Morgan fingerprint density at radius 2 is 2.23 bits per heavy atom. The van der Waals surface area contributed by atoms with Crippen LogP contribution in [0.2, 0.25) is 0 Å². The molecule has 0 saturated heterocycles. The number of methoxy groups -OCH3 is 1. The molecule has 0 aromatic rings. The minimum atomic E-state index is 0.137. The van der Waals surface area contributed by atoms with Crippen LogP contribution in [0.4, 0.5) is 0 Å². The number of carbonyl (C=O) groups excluding carboxylic acids is 1. The van der Waals surface area contributed by atoms with Gasteiger partial charge in [-0.1, -0.05) is 6.92 Å². The van der Waals surface area contributed by atoms with E-state index >= 15 is 0 Å². The van der Waals surface area contributed by atoms with E-state index in [0.717, 1.165) is 19.5 Å². The first-order valence-electron chi connectivity index (χ1n) is 4.66. The second-order valence-corrected chi connectivity index (χ2v) is 2.98. The van der Waals surface area contributed by atoms with Crippen molar-refractivity contribution in [3.8, 4) is 0 Å². The lowest BCUT2D eigenvalue weighted by molar-refractivity contribution is -0.128. The number of amides is 1. The molecule has 0 rings (SSSR count). The molecule has 0 heterocycles. The van der Waals surface area contributed by atoms with E-state index < -0.39 is 0 Å². The van der Waals surface area contributed by atoms with Crippen molar-refractivity contribution in [2.45, 2.75) is 13.3 Å². The maximum Gasteiger partial charge on any atom is 0.236 e. The Bertz CT molecular complexity index is 140. The van der Waals surface area contributed by atoms with Crippen LogP contribution < -0.4 is 5.32 Å². The Balaban J connectivity index is 3.38. The summed E-state index contributed by atoms with van der Waals surface area (Å²) in [6.45, 7) is 4.65. The van der Waals surface area contributed by atoms with Crippen LogP contribution in [0, 0.1) is 0 Å². The molecule has 0 bridgehead atoms. The molecule has 13 heavy (non-hydrogen) atoms. The predicted molar refractivity (Wildman–Crippen MR) is 52.7 cm³/mol. The second kappa shape index (κ2) is 8.01. The molecule has 0 aliphatic rings. The summed E-state index contributed by atoms with van der Waals surface area (Å²) >= 11 is 0. The fraction of sp³-hybridized carbons (Fsp3) is 0.889. The summed E-state index contributed by atoms with van der Waals surface area (Å²) in [7, 11) is 3.47. The van der Waals surface area contributed by atoms with Crippen molar-refractivity contribution in [1.29, 1.82) is 0 Å². The van der Waals surface area contributed by atoms with Crippen LogP contribution in [-0.2, 0) is 9.53 Å². The minimum Gasteiger partial charge on any atom is -0.383 e. The van der Waals surface area contributed by atoms with Crippen LogP contribution in [0.15, 0.2) is 0 Å². The van der Waals surface area contributed by atoms with Gasteiger partial charge in [-0.25, -0.2) is 0 Å². The van der Waals surface area contributed by atoms with E-state index in [9.17, 15) is 4.79 Å². The minimum absolute atomic E-state index is 0.137. The van der Waals surface area contributed by atoms with E-state index in [1.165, 1.54) is 0 Å². The van der Waals surface area contributed by atoms with E-state index in [4.69, 9.17) is 4.74 Å². The van der Waals surface area contributed by atoms with Crippen LogP contribution in [0.3, 0.4) is 0 Å².